The fourth-order valence-electron chi connectivity index (χ4n) is 1.39. The highest BCUT2D eigenvalue weighted by Crippen LogP contribution is 2.16. The third-order valence-electron chi connectivity index (χ3n) is 2.51. The van der Waals surface area contributed by atoms with Crippen molar-refractivity contribution in [3.05, 3.63) is 42.0 Å². The minimum atomic E-state index is -0.551. The molecular weight excluding hydrogens is 204 g/mol. The summed E-state index contributed by atoms with van der Waals surface area (Å²) in [6.45, 7) is 5.23. The summed E-state index contributed by atoms with van der Waals surface area (Å²) in [6, 6.07) is 6.74. The van der Waals surface area contributed by atoms with E-state index < -0.39 is 5.91 Å². The topological polar surface area (TPSA) is 63.2 Å². The maximum atomic E-state index is 11.6. The predicted octanol–water partition coefficient (Wildman–Crippen LogP) is 0.641. The second kappa shape index (κ2) is 3.81. The molecule has 0 bridgehead atoms. The molecule has 0 aliphatic carbocycles. The van der Waals surface area contributed by atoms with Gasteiger partial charge < -0.3 is 10.6 Å². The van der Waals surface area contributed by atoms with Gasteiger partial charge in [0, 0.05) is 24.2 Å². The van der Waals surface area contributed by atoms with E-state index in [0.29, 0.717) is 11.1 Å². The molecule has 0 spiro atoms. The van der Waals surface area contributed by atoms with E-state index in [4.69, 9.17) is 5.73 Å². The molecule has 2 rings (SSSR count). The lowest BCUT2D eigenvalue weighted by Gasteiger charge is -2.04. The molecule has 0 unspecified atom stereocenters. The Kier molecular flexibility index (Phi) is 2.48. The second-order valence-corrected chi connectivity index (χ2v) is 3.71. The van der Waals surface area contributed by atoms with Gasteiger partial charge in [-0.2, -0.15) is 0 Å². The Morgan fingerprint density at radius 3 is 2.06 bits per heavy atom. The predicted molar refractivity (Wildman–Crippen MR) is 60.6 cm³/mol. The molecule has 4 nitrogen and oxygen atoms in total. The van der Waals surface area contributed by atoms with Crippen molar-refractivity contribution in [2.24, 2.45) is 5.73 Å². The number of amides is 2. The number of benzene rings is 1. The zero-order chi connectivity index (χ0) is 11.7. The molecule has 2 amide bonds. The summed E-state index contributed by atoms with van der Waals surface area (Å²) in [7, 11) is 0. The largest absolute Gasteiger partial charge is 0.366 e. The third kappa shape index (κ3) is 1.95. The molecule has 16 heavy (non-hydrogen) atoms. The summed E-state index contributed by atoms with van der Waals surface area (Å²) in [6.07, 6.45) is 0. The van der Waals surface area contributed by atoms with Crippen molar-refractivity contribution in [1.82, 2.24) is 4.90 Å². The Hall–Kier alpha value is -2.10. The first-order chi connectivity index (χ1) is 7.59. The Balaban J connectivity index is 2.18. The van der Waals surface area contributed by atoms with Crippen LogP contribution >= 0.6 is 0 Å². The normalized spacial score (nSPS) is 13.4. The van der Waals surface area contributed by atoms with Crippen LogP contribution in [0.15, 0.2) is 30.8 Å². The average molecular weight is 216 g/mol. The highest BCUT2D eigenvalue weighted by molar-refractivity contribution is 6.17. The van der Waals surface area contributed by atoms with Gasteiger partial charge in [-0.05, 0) is 17.7 Å². The van der Waals surface area contributed by atoms with E-state index in [0.717, 1.165) is 13.1 Å². The minimum Gasteiger partial charge on any atom is -0.366 e. The lowest BCUT2D eigenvalue weighted by Crippen LogP contribution is -2.13. The van der Waals surface area contributed by atoms with Crippen LogP contribution in [0, 0.1) is 0 Å². The van der Waals surface area contributed by atoms with Crippen molar-refractivity contribution in [2.45, 2.75) is 0 Å². The van der Waals surface area contributed by atoms with Crippen molar-refractivity contribution in [1.29, 1.82) is 0 Å². The Bertz CT molecular complexity index is 458. The highest BCUT2D eigenvalue weighted by Gasteiger charge is 2.24. The number of rotatable bonds is 3. The molecule has 2 N–H and O–H groups in total. The lowest BCUT2D eigenvalue weighted by molar-refractivity contribution is -0.112. The van der Waals surface area contributed by atoms with Crippen LogP contribution in [-0.2, 0) is 4.79 Å². The average Bonchev–Trinajstić information content (AvgIpc) is 3.11. The molecule has 82 valence electrons. The molecular formula is C12H12N2O2. The Labute approximate surface area is 93.3 Å². The summed E-state index contributed by atoms with van der Waals surface area (Å²) in [5.41, 5.74) is 6.64. The number of hydrogen-bond donors (Lipinski definition) is 1. The van der Waals surface area contributed by atoms with Gasteiger partial charge in [-0.1, -0.05) is 18.7 Å². The standard InChI is InChI=1S/C12H12N2O2/c1-8(11(13)15)9-2-4-10(5-3-9)12(16)14-6-7-14/h2-5H,1,6-7H2,(H2,13,15). The quantitative estimate of drug-likeness (QED) is 0.595. The summed E-state index contributed by atoms with van der Waals surface area (Å²) in [5.74, 6) is -0.527. The smallest absolute Gasteiger partial charge is 0.253 e. The maximum Gasteiger partial charge on any atom is 0.253 e. The first-order valence-corrected chi connectivity index (χ1v) is 4.98. The molecule has 1 fully saturated rings. The fraction of sp³-hybridized carbons (Fsp3) is 0.167. The van der Waals surface area contributed by atoms with Crippen LogP contribution in [0.25, 0.3) is 5.57 Å². The van der Waals surface area contributed by atoms with E-state index in [-0.39, 0.29) is 11.5 Å². The molecule has 0 radical (unpaired) electrons. The first-order valence-electron chi connectivity index (χ1n) is 4.98. The van der Waals surface area contributed by atoms with Gasteiger partial charge in [0.1, 0.15) is 0 Å². The monoisotopic (exact) mass is 216 g/mol. The summed E-state index contributed by atoms with van der Waals surface area (Å²) in [4.78, 5) is 24.3. The molecule has 0 atom stereocenters. The van der Waals surface area contributed by atoms with E-state index in [1.54, 1.807) is 29.2 Å². The Morgan fingerprint density at radius 1 is 1.12 bits per heavy atom. The van der Waals surface area contributed by atoms with Crippen LogP contribution < -0.4 is 5.73 Å². The van der Waals surface area contributed by atoms with Gasteiger partial charge >= 0.3 is 0 Å². The molecule has 1 heterocycles. The van der Waals surface area contributed by atoms with Gasteiger partial charge in [-0.15, -0.1) is 0 Å². The third-order valence-corrected chi connectivity index (χ3v) is 2.51. The fourth-order valence-corrected chi connectivity index (χ4v) is 1.39. The van der Waals surface area contributed by atoms with Gasteiger partial charge in [0.2, 0.25) is 5.91 Å². The van der Waals surface area contributed by atoms with E-state index in [1.165, 1.54) is 0 Å². The van der Waals surface area contributed by atoms with Gasteiger partial charge in [0.15, 0.2) is 0 Å². The van der Waals surface area contributed by atoms with Crippen LogP contribution in [0.4, 0.5) is 0 Å². The first kappa shape index (κ1) is 10.4. The van der Waals surface area contributed by atoms with Crippen molar-refractivity contribution in [2.75, 3.05) is 13.1 Å². The number of nitrogens with two attached hydrogens (primary N) is 1. The van der Waals surface area contributed by atoms with Crippen molar-refractivity contribution in [3.8, 4) is 0 Å². The second-order valence-electron chi connectivity index (χ2n) is 3.71. The van der Waals surface area contributed by atoms with Gasteiger partial charge in [-0.25, -0.2) is 0 Å². The molecule has 1 aliphatic rings. The van der Waals surface area contributed by atoms with Gasteiger partial charge in [0.25, 0.3) is 5.91 Å². The van der Waals surface area contributed by atoms with E-state index >= 15 is 0 Å². The van der Waals surface area contributed by atoms with Crippen LogP contribution in [0.2, 0.25) is 0 Å². The van der Waals surface area contributed by atoms with Crippen LogP contribution in [0.5, 0.6) is 0 Å². The van der Waals surface area contributed by atoms with Crippen molar-refractivity contribution < 1.29 is 9.59 Å². The van der Waals surface area contributed by atoms with Crippen LogP contribution in [-0.4, -0.2) is 29.8 Å². The number of carbonyl (C=O) groups is 2. The molecule has 0 saturated carbocycles. The van der Waals surface area contributed by atoms with Crippen LogP contribution in [0.3, 0.4) is 0 Å². The summed E-state index contributed by atoms with van der Waals surface area (Å²) < 4.78 is 0. The number of primary amides is 1. The zero-order valence-electron chi connectivity index (χ0n) is 8.77. The lowest BCUT2D eigenvalue weighted by atomic mass is 10.0. The summed E-state index contributed by atoms with van der Waals surface area (Å²) in [5, 5.41) is 0. The molecule has 4 heteroatoms. The molecule has 0 aromatic heterocycles. The van der Waals surface area contributed by atoms with Gasteiger partial charge in [-0.3, -0.25) is 9.59 Å². The molecule has 1 aromatic rings. The Morgan fingerprint density at radius 2 is 1.62 bits per heavy atom. The minimum absolute atomic E-state index is 0.0243. The molecule has 1 saturated heterocycles. The van der Waals surface area contributed by atoms with E-state index in [2.05, 4.69) is 6.58 Å². The van der Waals surface area contributed by atoms with E-state index in [1.807, 2.05) is 0 Å². The molecule has 1 aliphatic heterocycles. The number of carbonyl (C=O) groups excluding carboxylic acids is 2. The van der Waals surface area contributed by atoms with Gasteiger partial charge in [0.05, 0.1) is 0 Å². The highest BCUT2D eigenvalue weighted by atomic mass is 16.2. The summed E-state index contributed by atoms with van der Waals surface area (Å²) >= 11 is 0. The van der Waals surface area contributed by atoms with Crippen LogP contribution in [0.1, 0.15) is 15.9 Å². The number of nitrogens with zero attached hydrogens (tertiary/aromatic N) is 1. The SMILES string of the molecule is C=C(C(N)=O)c1ccc(C(=O)N2CC2)cc1. The van der Waals surface area contributed by atoms with Crippen molar-refractivity contribution >= 4 is 17.4 Å². The zero-order valence-corrected chi connectivity index (χ0v) is 8.77. The van der Waals surface area contributed by atoms with Crippen molar-refractivity contribution in [3.63, 3.8) is 0 Å². The maximum absolute atomic E-state index is 11.6. The number of hydrogen-bond acceptors (Lipinski definition) is 2. The van der Waals surface area contributed by atoms with E-state index in [9.17, 15) is 9.59 Å². The molecule has 1 aromatic carbocycles.